The Labute approximate surface area is 169 Å². The average Bonchev–Trinajstić information content (AvgIpc) is 3.16. The molecule has 2 fully saturated rings. The van der Waals surface area contributed by atoms with E-state index < -0.39 is 23.6 Å². The number of benzene rings is 1. The molecular formula is C21H22F7NO. The third-order valence-corrected chi connectivity index (χ3v) is 7.06. The van der Waals surface area contributed by atoms with E-state index in [-0.39, 0.29) is 36.1 Å². The number of rotatable bonds is 3. The lowest BCUT2D eigenvalue weighted by atomic mass is 9.73. The number of aryl methyl sites for hydroxylation is 1. The van der Waals surface area contributed by atoms with Crippen LogP contribution in [0.25, 0.3) is 0 Å². The van der Waals surface area contributed by atoms with Crippen LogP contribution in [0.2, 0.25) is 0 Å². The van der Waals surface area contributed by atoms with Gasteiger partial charge in [0, 0.05) is 17.5 Å². The molecule has 0 bridgehead atoms. The summed E-state index contributed by atoms with van der Waals surface area (Å²) < 4.78 is 92.8. The number of carbonyl (C=O) groups excluding carboxylic acids is 1. The highest BCUT2D eigenvalue weighted by molar-refractivity contribution is 5.80. The Hall–Kier alpha value is -1.80. The van der Waals surface area contributed by atoms with Crippen molar-refractivity contribution in [3.8, 4) is 0 Å². The summed E-state index contributed by atoms with van der Waals surface area (Å²) in [5.74, 6) is 0.119. The molecule has 1 aromatic carbocycles. The summed E-state index contributed by atoms with van der Waals surface area (Å²) in [4.78, 5) is 12.6. The van der Waals surface area contributed by atoms with E-state index in [4.69, 9.17) is 0 Å². The molecule has 9 heteroatoms. The van der Waals surface area contributed by atoms with Gasteiger partial charge in [-0.1, -0.05) is 25.1 Å². The summed E-state index contributed by atoms with van der Waals surface area (Å²) in [5, 5.41) is 3.03. The quantitative estimate of drug-likeness (QED) is 0.617. The van der Waals surface area contributed by atoms with Crippen LogP contribution in [0, 0.1) is 17.8 Å². The maximum atomic E-state index is 14.4. The predicted molar refractivity (Wildman–Crippen MR) is 94.3 cm³/mol. The van der Waals surface area contributed by atoms with Gasteiger partial charge in [-0.3, -0.25) is 4.79 Å². The standard InChI is InChI=1S/C21H22F7NO/c1-10-8-17(10)29-18(30)16-7-6-14-13-5-3-12(9-11(13)2-4-15(14)16)19(22,20(23,24)25)21(26,27)28/h3,5,9-10,14-17H,2,4,6-8H2,1H3,(H,29,30)/t10?,14-,15+,16+,17?/m0/s1. The molecule has 1 N–H and O–H groups in total. The smallest absolute Gasteiger partial charge is 0.353 e. The van der Waals surface area contributed by atoms with Gasteiger partial charge in [-0.05, 0) is 61.0 Å². The van der Waals surface area contributed by atoms with Gasteiger partial charge in [0.25, 0.3) is 0 Å². The molecule has 0 aliphatic heterocycles. The maximum absolute atomic E-state index is 14.4. The van der Waals surface area contributed by atoms with Gasteiger partial charge in [0.1, 0.15) is 0 Å². The van der Waals surface area contributed by atoms with Gasteiger partial charge in [-0.15, -0.1) is 0 Å². The minimum Gasteiger partial charge on any atom is -0.353 e. The van der Waals surface area contributed by atoms with Crippen molar-refractivity contribution in [2.75, 3.05) is 0 Å². The third kappa shape index (κ3) is 3.28. The van der Waals surface area contributed by atoms with Crippen molar-refractivity contribution in [3.63, 3.8) is 0 Å². The van der Waals surface area contributed by atoms with Crippen LogP contribution in [0.15, 0.2) is 18.2 Å². The first-order chi connectivity index (χ1) is 13.8. The maximum Gasteiger partial charge on any atom is 0.435 e. The van der Waals surface area contributed by atoms with Crippen LogP contribution < -0.4 is 5.32 Å². The fraction of sp³-hybridized carbons (Fsp3) is 0.667. The van der Waals surface area contributed by atoms with Crippen molar-refractivity contribution in [3.05, 3.63) is 34.9 Å². The van der Waals surface area contributed by atoms with E-state index in [1.54, 1.807) is 0 Å². The summed E-state index contributed by atoms with van der Waals surface area (Å²) in [5.41, 5.74) is -5.90. The molecule has 0 saturated heterocycles. The highest BCUT2D eigenvalue weighted by Gasteiger charge is 2.73. The van der Waals surface area contributed by atoms with Gasteiger partial charge in [0.05, 0.1) is 0 Å². The van der Waals surface area contributed by atoms with E-state index >= 15 is 0 Å². The van der Waals surface area contributed by atoms with Gasteiger partial charge in [-0.2, -0.15) is 26.3 Å². The Kier molecular flexibility index (Phi) is 4.90. The molecule has 3 aliphatic rings. The van der Waals surface area contributed by atoms with E-state index in [9.17, 15) is 35.5 Å². The SMILES string of the molecule is CC1CC1NC(=O)[C@@H]1CC[C@H]2c3ccc(C(F)(C(F)(F)F)C(F)(F)F)cc3CC[C@@H]12. The van der Waals surface area contributed by atoms with E-state index in [0.29, 0.717) is 48.4 Å². The van der Waals surface area contributed by atoms with Crippen LogP contribution in [-0.4, -0.2) is 24.3 Å². The van der Waals surface area contributed by atoms with Crippen LogP contribution in [0.5, 0.6) is 0 Å². The Morgan fingerprint density at radius 3 is 2.20 bits per heavy atom. The third-order valence-electron chi connectivity index (χ3n) is 7.06. The van der Waals surface area contributed by atoms with Gasteiger partial charge in [-0.25, -0.2) is 4.39 Å². The lowest BCUT2D eigenvalue weighted by molar-refractivity contribution is -0.348. The van der Waals surface area contributed by atoms with E-state index in [0.717, 1.165) is 6.42 Å². The second kappa shape index (κ2) is 6.85. The van der Waals surface area contributed by atoms with Crippen molar-refractivity contribution in [1.82, 2.24) is 5.32 Å². The number of carbonyl (C=O) groups is 1. The number of halogens is 7. The topological polar surface area (TPSA) is 29.1 Å². The average molecular weight is 437 g/mol. The fourth-order valence-electron chi connectivity index (χ4n) is 5.20. The summed E-state index contributed by atoms with van der Waals surface area (Å²) in [6.45, 7) is 2.05. The molecule has 0 heterocycles. The Morgan fingerprint density at radius 2 is 1.63 bits per heavy atom. The van der Waals surface area contributed by atoms with E-state index in [2.05, 4.69) is 5.32 Å². The van der Waals surface area contributed by atoms with Crippen molar-refractivity contribution in [2.24, 2.45) is 17.8 Å². The molecule has 2 saturated carbocycles. The molecule has 1 amide bonds. The molecule has 2 nitrogen and oxygen atoms in total. The summed E-state index contributed by atoms with van der Waals surface area (Å²) in [6.07, 6.45) is -9.32. The van der Waals surface area contributed by atoms with Crippen LogP contribution in [-0.2, 0) is 16.9 Å². The summed E-state index contributed by atoms with van der Waals surface area (Å²) >= 11 is 0. The number of nitrogens with one attached hydrogen (secondary N) is 1. The van der Waals surface area contributed by atoms with Crippen LogP contribution in [0.3, 0.4) is 0 Å². The number of alkyl halides is 7. The lowest BCUT2D eigenvalue weighted by Gasteiger charge is -2.34. The lowest BCUT2D eigenvalue weighted by Crippen LogP contribution is -2.50. The number of hydrogen-bond acceptors (Lipinski definition) is 1. The van der Waals surface area contributed by atoms with Crippen molar-refractivity contribution in [2.45, 2.75) is 69.0 Å². The second-order valence-corrected chi connectivity index (χ2v) is 8.89. The predicted octanol–water partition coefficient (Wildman–Crippen LogP) is 5.56. The molecule has 0 aromatic heterocycles. The normalized spacial score (nSPS) is 31.1. The van der Waals surface area contributed by atoms with E-state index in [1.165, 1.54) is 6.07 Å². The second-order valence-electron chi connectivity index (χ2n) is 8.89. The van der Waals surface area contributed by atoms with Crippen LogP contribution in [0.1, 0.15) is 55.2 Å². The highest BCUT2D eigenvalue weighted by Crippen LogP contribution is 2.55. The monoisotopic (exact) mass is 437 g/mol. The molecule has 30 heavy (non-hydrogen) atoms. The van der Waals surface area contributed by atoms with Crippen LogP contribution >= 0.6 is 0 Å². The largest absolute Gasteiger partial charge is 0.435 e. The van der Waals surface area contributed by atoms with Crippen molar-refractivity contribution >= 4 is 5.91 Å². The van der Waals surface area contributed by atoms with Gasteiger partial charge in [0.15, 0.2) is 0 Å². The van der Waals surface area contributed by atoms with Crippen LogP contribution in [0.4, 0.5) is 30.7 Å². The molecule has 3 aliphatic carbocycles. The van der Waals surface area contributed by atoms with Gasteiger partial charge < -0.3 is 5.32 Å². The van der Waals surface area contributed by atoms with Crippen molar-refractivity contribution < 1.29 is 35.5 Å². The highest BCUT2D eigenvalue weighted by atomic mass is 19.4. The van der Waals surface area contributed by atoms with Crippen molar-refractivity contribution in [1.29, 1.82) is 0 Å². The minimum absolute atomic E-state index is 0.00206. The van der Waals surface area contributed by atoms with E-state index in [1.807, 2.05) is 6.92 Å². The number of fused-ring (bicyclic) bond motifs is 3. The molecule has 0 radical (unpaired) electrons. The summed E-state index contributed by atoms with van der Waals surface area (Å²) in [7, 11) is 0. The molecule has 2 unspecified atom stereocenters. The zero-order valence-electron chi connectivity index (χ0n) is 16.2. The Morgan fingerprint density at radius 1 is 1.00 bits per heavy atom. The first-order valence-corrected chi connectivity index (χ1v) is 10.1. The minimum atomic E-state index is -6.12. The molecule has 5 atom stereocenters. The zero-order chi connectivity index (χ0) is 22.1. The molecule has 166 valence electrons. The Bertz CT molecular complexity index is 833. The Balaban J connectivity index is 1.60. The van der Waals surface area contributed by atoms with Gasteiger partial charge in [0.2, 0.25) is 5.91 Å². The summed E-state index contributed by atoms with van der Waals surface area (Å²) in [6, 6.07) is 2.70. The molecular weight excluding hydrogens is 415 g/mol. The number of hydrogen-bond donors (Lipinski definition) is 1. The van der Waals surface area contributed by atoms with Gasteiger partial charge >= 0.3 is 18.0 Å². The molecule has 0 spiro atoms. The molecule has 4 rings (SSSR count). The fourth-order valence-corrected chi connectivity index (χ4v) is 5.20. The number of amides is 1. The first kappa shape index (κ1) is 21.4. The molecule has 1 aromatic rings. The first-order valence-electron chi connectivity index (χ1n) is 10.1. The zero-order valence-corrected chi connectivity index (χ0v) is 16.2.